The predicted molar refractivity (Wildman–Crippen MR) is 71.0 cm³/mol. The molecule has 1 aromatic heterocycles. The highest BCUT2D eigenvalue weighted by Gasteiger charge is 2.23. The third-order valence-electron chi connectivity index (χ3n) is 3.65. The molecule has 0 saturated carbocycles. The van der Waals surface area contributed by atoms with Gasteiger partial charge in [-0.2, -0.15) is 0 Å². The normalized spacial score (nSPS) is 19.9. The van der Waals surface area contributed by atoms with E-state index in [1.54, 1.807) is 0 Å². The number of aromatic carboxylic acids is 1. The molecule has 2 heterocycles. The largest absolute Gasteiger partial charge is 0.477 e. The Morgan fingerprint density at radius 3 is 2.78 bits per heavy atom. The Bertz CT molecular complexity index is 408. The van der Waals surface area contributed by atoms with Crippen LogP contribution in [0.5, 0.6) is 0 Å². The van der Waals surface area contributed by atoms with Crippen LogP contribution >= 0.6 is 11.3 Å². The summed E-state index contributed by atoms with van der Waals surface area (Å²) >= 11 is 1.29. The van der Waals surface area contributed by atoms with E-state index in [2.05, 4.69) is 4.90 Å². The lowest BCUT2D eigenvalue weighted by atomic mass is 9.92. The number of aliphatic hydroxyl groups excluding tert-OH is 1. The van der Waals surface area contributed by atoms with Gasteiger partial charge in [0.2, 0.25) is 0 Å². The Morgan fingerprint density at radius 2 is 2.22 bits per heavy atom. The summed E-state index contributed by atoms with van der Waals surface area (Å²) in [5.41, 5.74) is 0.906. The lowest BCUT2D eigenvalue weighted by Gasteiger charge is -2.33. The Balaban J connectivity index is 1.91. The molecule has 2 rings (SSSR count). The first-order chi connectivity index (χ1) is 8.58. The molecule has 4 nitrogen and oxygen atoms in total. The Morgan fingerprint density at radius 1 is 1.56 bits per heavy atom. The van der Waals surface area contributed by atoms with Crippen molar-refractivity contribution in [1.82, 2.24) is 4.90 Å². The van der Waals surface area contributed by atoms with Crippen molar-refractivity contribution in [2.75, 3.05) is 13.1 Å². The topological polar surface area (TPSA) is 60.8 Å². The van der Waals surface area contributed by atoms with E-state index < -0.39 is 5.97 Å². The van der Waals surface area contributed by atoms with E-state index in [0.29, 0.717) is 17.3 Å². The molecule has 0 bridgehead atoms. The van der Waals surface area contributed by atoms with Crippen molar-refractivity contribution >= 4 is 17.3 Å². The molecule has 100 valence electrons. The van der Waals surface area contributed by atoms with Crippen LogP contribution in [0.1, 0.15) is 35.0 Å². The molecule has 1 atom stereocenters. The fraction of sp³-hybridized carbons (Fsp3) is 0.615. The van der Waals surface area contributed by atoms with Gasteiger partial charge in [-0.25, -0.2) is 4.79 Å². The third-order valence-corrected chi connectivity index (χ3v) is 4.59. The van der Waals surface area contributed by atoms with Crippen molar-refractivity contribution in [3.63, 3.8) is 0 Å². The fourth-order valence-electron chi connectivity index (χ4n) is 2.48. The highest BCUT2D eigenvalue weighted by Crippen LogP contribution is 2.24. The van der Waals surface area contributed by atoms with Gasteiger partial charge < -0.3 is 10.2 Å². The minimum Gasteiger partial charge on any atom is -0.477 e. The molecule has 0 spiro atoms. The molecule has 1 aromatic rings. The van der Waals surface area contributed by atoms with Crippen molar-refractivity contribution in [2.24, 2.45) is 5.92 Å². The SMILES string of the molecule is CC(O)C1CCN(Cc2ccsc2C(=O)O)CC1. The third kappa shape index (κ3) is 3.10. The average Bonchev–Trinajstić information content (AvgIpc) is 2.78. The van der Waals surface area contributed by atoms with Crippen molar-refractivity contribution in [1.29, 1.82) is 0 Å². The molecule has 0 aliphatic carbocycles. The Labute approximate surface area is 111 Å². The first-order valence-electron chi connectivity index (χ1n) is 6.28. The number of carbonyl (C=O) groups is 1. The number of piperidine rings is 1. The van der Waals surface area contributed by atoms with E-state index in [1.807, 2.05) is 18.4 Å². The first-order valence-corrected chi connectivity index (χ1v) is 7.16. The molecule has 1 aliphatic heterocycles. The van der Waals surface area contributed by atoms with E-state index in [1.165, 1.54) is 11.3 Å². The van der Waals surface area contributed by atoms with Crippen LogP contribution in [0.4, 0.5) is 0 Å². The lowest BCUT2D eigenvalue weighted by Crippen LogP contribution is -2.36. The van der Waals surface area contributed by atoms with E-state index in [4.69, 9.17) is 5.11 Å². The van der Waals surface area contributed by atoms with Crippen LogP contribution in [-0.4, -0.2) is 40.3 Å². The summed E-state index contributed by atoms with van der Waals surface area (Å²) < 4.78 is 0. The van der Waals surface area contributed by atoms with Crippen molar-refractivity contribution in [3.05, 3.63) is 21.9 Å². The maximum Gasteiger partial charge on any atom is 0.346 e. The number of carboxylic acid groups (broad SMARTS) is 1. The van der Waals surface area contributed by atoms with E-state index in [-0.39, 0.29) is 6.10 Å². The first kappa shape index (κ1) is 13.5. The van der Waals surface area contributed by atoms with E-state index >= 15 is 0 Å². The number of hydrogen-bond acceptors (Lipinski definition) is 4. The molecular formula is C13H19NO3S. The zero-order valence-corrected chi connectivity index (χ0v) is 11.3. The molecule has 5 heteroatoms. The quantitative estimate of drug-likeness (QED) is 0.878. The average molecular weight is 269 g/mol. The van der Waals surface area contributed by atoms with Crippen LogP contribution in [0, 0.1) is 5.92 Å². The van der Waals surface area contributed by atoms with Gasteiger partial charge in [0.25, 0.3) is 0 Å². The van der Waals surface area contributed by atoms with Crippen molar-refractivity contribution in [2.45, 2.75) is 32.4 Å². The maximum absolute atomic E-state index is 11.0. The van der Waals surface area contributed by atoms with Gasteiger partial charge in [0.05, 0.1) is 6.10 Å². The number of carboxylic acids is 1. The summed E-state index contributed by atoms with van der Waals surface area (Å²) in [6.07, 6.45) is 1.75. The molecule has 1 aliphatic rings. The highest BCUT2D eigenvalue weighted by molar-refractivity contribution is 7.12. The summed E-state index contributed by atoms with van der Waals surface area (Å²) in [6.45, 7) is 4.42. The van der Waals surface area contributed by atoms with Gasteiger partial charge in [-0.15, -0.1) is 11.3 Å². The second-order valence-electron chi connectivity index (χ2n) is 4.93. The van der Waals surface area contributed by atoms with Gasteiger partial charge in [0.1, 0.15) is 4.88 Å². The molecule has 1 fully saturated rings. The number of thiophene rings is 1. The molecule has 18 heavy (non-hydrogen) atoms. The summed E-state index contributed by atoms with van der Waals surface area (Å²) in [7, 11) is 0. The predicted octanol–water partition coefficient (Wildman–Crippen LogP) is 2.04. The number of likely N-dealkylation sites (tertiary alicyclic amines) is 1. The second kappa shape index (κ2) is 5.82. The van der Waals surface area contributed by atoms with Crippen molar-refractivity contribution < 1.29 is 15.0 Å². The van der Waals surface area contributed by atoms with E-state index in [9.17, 15) is 9.90 Å². The summed E-state index contributed by atoms with van der Waals surface area (Å²) in [6, 6.07) is 1.90. The molecule has 0 aromatic carbocycles. The fourth-order valence-corrected chi connectivity index (χ4v) is 3.24. The van der Waals surface area contributed by atoms with E-state index in [0.717, 1.165) is 31.5 Å². The van der Waals surface area contributed by atoms with Crippen LogP contribution in [0.3, 0.4) is 0 Å². The molecule has 0 amide bonds. The van der Waals surface area contributed by atoms with Crippen LogP contribution in [0.25, 0.3) is 0 Å². The van der Waals surface area contributed by atoms with Gasteiger partial charge in [-0.05, 0) is 55.8 Å². The minimum atomic E-state index is -0.834. The number of rotatable bonds is 4. The zero-order valence-electron chi connectivity index (χ0n) is 10.5. The van der Waals surface area contributed by atoms with Crippen molar-refractivity contribution in [3.8, 4) is 0 Å². The van der Waals surface area contributed by atoms with Gasteiger partial charge in [0, 0.05) is 6.54 Å². The molecule has 1 unspecified atom stereocenters. The van der Waals surface area contributed by atoms with Gasteiger partial charge in [-0.3, -0.25) is 4.90 Å². The Kier molecular flexibility index (Phi) is 4.37. The van der Waals surface area contributed by atoms with Crippen LogP contribution < -0.4 is 0 Å². The molecule has 0 radical (unpaired) electrons. The standard InChI is InChI=1S/C13H19NO3S/c1-9(15)10-2-5-14(6-3-10)8-11-4-7-18-12(11)13(16)17/h4,7,9-10,15H,2-3,5-6,8H2,1H3,(H,16,17). The van der Waals surface area contributed by atoms with Gasteiger partial charge >= 0.3 is 5.97 Å². The lowest BCUT2D eigenvalue weighted by molar-refractivity contribution is 0.0676. The zero-order chi connectivity index (χ0) is 13.1. The van der Waals surface area contributed by atoms with Crippen LogP contribution in [0.15, 0.2) is 11.4 Å². The highest BCUT2D eigenvalue weighted by atomic mass is 32.1. The molecule has 1 saturated heterocycles. The smallest absolute Gasteiger partial charge is 0.346 e. The maximum atomic E-state index is 11.0. The molecule has 2 N–H and O–H groups in total. The van der Waals surface area contributed by atoms with Gasteiger partial charge in [-0.1, -0.05) is 0 Å². The minimum absolute atomic E-state index is 0.233. The summed E-state index contributed by atoms with van der Waals surface area (Å²) in [5, 5.41) is 20.4. The summed E-state index contributed by atoms with van der Waals surface area (Å²) in [5.74, 6) is -0.443. The number of nitrogens with zero attached hydrogens (tertiary/aromatic N) is 1. The Hall–Kier alpha value is -0.910. The van der Waals surface area contributed by atoms with Crippen LogP contribution in [0.2, 0.25) is 0 Å². The number of aliphatic hydroxyl groups is 1. The molecular weight excluding hydrogens is 250 g/mol. The van der Waals surface area contributed by atoms with Gasteiger partial charge in [0.15, 0.2) is 0 Å². The second-order valence-corrected chi connectivity index (χ2v) is 5.85. The van der Waals surface area contributed by atoms with Crippen LogP contribution in [-0.2, 0) is 6.54 Å². The summed E-state index contributed by atoms with van der Waals surface area (Å²) in [4.78, 5) is 13.7. The number of hydrogen-bond donors (Lipinski definition) is 2. The monoisotopic (exact) mass is 269 g/mol.